The van der Waals surface area contributed by atoms with E-state index in [1.54, 1.807) is 26.1 Å². The summed E-state index contributed by atoms with van der Waals surface area (Å²) in [4.78, 5) is 12.2. The first-order valence-electron chi connectivity index (χ1n) is 6.32. The van der Waals surface area contributed by atoms with E-state index in [0.29, 0.717) is 29.1 Å². The molecule has 0 fully saturated rings. The summed E-state index contributed by atoms with van der Waals surface area (Å²) < 4.78 is 14.9. The Hall–Kier alpha value is -2.37. The lowest BCUT2D eigenvalue weighted by molar-refractivity contribution is 0.101. The first-order chi connectivity index (χ1) is 9.43. The number of nitrogens with one attached hydrogen (secondary N) is 1. The lowest BCUT2D eigenvalue weighted by Gasteiger charge is -2.07. The number of benzene rings is 1. The highest BCUT2D eigenvalue weighted by molar-refractivity contribution is 6.06. The first kappa shape index (κ1) is 14.0. The third kappa shape index (κ3) is 2.49. The van der Waals surface area contributed by atoms with Crippen molar-refractivity contribution in [2.24, 2.45) is 7.05 Å². The van der Waals surface area contributed by atoms with Crippen LogP contribution in [-0.2, 0) is 13.5 Å². The van der Waals surface area contributed by atoms with Crippen molar-refractivity contribution in [3.8, 4) is 0 Å². The Morgan fingerprint density at radius 2 is 2.20 bits per heavy atom. The lowest BCUT2D eigenvalue weighted by atomic mass is 10.2. The minimum Gasteiger partial charge on any atom is -0.395 e. The van der Waals surface area contributed by atoms with Gasteiger partial charge in [-0.2, -0.15) is 5.10 Å². The highest BCUT2D eigenvalue weighted by atomic mass is 19.1. The van der Waals surface area contributed by atoms with E-state index in [1.165, 1.54) is 10.7 Å². The fourth-order valence-electron chi connectivity index (χ4n) is 1.99. The van der Waals surface area contributed by atoms with Gasteiger partial charge in [-0.1, -0.05) is 13.0 Å². The van der Waals surface area contributed by atoms with Crippen molar-refractivity contribution in [1.82, 2.24) is 9.78 Å². The van der Waals surface area contributed by atoms with Gasteiger partial charge in [0.1, 0.15) is 11.5 Å². The van der Waals surface area contributed by atoms with Crippen LogP contribution in [0.5, 0.6) is 0 Å². The molecule has 0 saturated carbocycles. The molecule has 5 nitrogen and oxygen atoms in total. The van der Waals surface area contributed by atoms with E-state index in [2.05, 4.69) is 10.4 Å². The minimum atomic E-state index is -0.402. The molecule has 0 saturated heterocycles. The fourth-order valence-corrected chi connectivity index (χ4v) is 1.99. The Morgan fingerprint density at radius 1 is 1.50 bits per heavy atom. The number of carbonyl (C=O) groups excluding carboxylic acids is 1. The molecule has 3 N–H and O–H groups in total. The summed E-state index contributed by atoms with van der Waals surface area (Å²) in [7, 11) is 1.65. The van der Waals surface area contributed by atoms with Crippen LogP contribution >= 0.6 is 0 Å². The van der Waals surface area contributed by atoms with Gasteiger partial charge in [0.05, 0.1) is 11.4 Å². The molecule has 0 aliphatic rings. The molecule has 1 aromatic carbocycles. The zero-order chi connectivity index (χ0) is 14.9. The molecule has 1 amide bonds. The number of hydrogen-bond acceptors (Lipinski definition) is 3. The van der Waals surface area contributed by atoms with Crippen molar-refractivity contribution in [2.75, 3.05) is 11.1 Å². The van der Waals surface area contributed by atoms with E-state index >= 15 is 0 Å². The summed E-state index contributed by atoms with van der Waals surface area (Å²) in [6.07, 6.45) is 0.645. The molecular weight excluding hydrogens is 259 g/mol. The fraction of sp³-hybridized carbons (Fsp3) is 0.286. The standard InChI is InChI=1S/C14H17FN4O/c1-4-11-12(16)13(19(3)18-11)14(20)17-9-6-5-8(2)10(15)7-9/h5-7H,4,16H2,1-3H3,(H,17,20). The van der Waals surface area contributed by atoms with Crippen molar-refractivity contribution < 1.29 is 9.18 Å². The van der Waals surface area contributed by atoms with Crippen molar-refractivity contribution in [2.45, 2.75) is 20.3 Å². The largest absolute Gasteiger partial charge is 0.395 e. The molecule has 1 heterocycles. The van der Waals surface area contributed by atoms with Gasteiger partial charge >= 0.3 is 0 Å². The highest BCUT2D eigenvalue weighted by Gasteiger charge is 2.19. The molecule has 2 rings (SSSR count). The molecule has 2 aromatic rings. The Kier molecular flexibility index (Phi) is 3.74. The highest BCUT2D eigenvalue weighted by Crippen LogP contribution is 2.19. The molecule has 0 bridgehead atoms. The van der Waals surface area contributed by atoms with Crippen LogP contribution in [0.25, 0.3) is 0 Å². The second kappa shape index (κ2) is 5.32. The summed E-state index contributed by atoms with van der Waals surface area (Å²) in [5, 5.41) is 6.81. The monoisotopic (exact) mass is 276 g/mol. The van der Waals surface area contributed by atoms with E-state index in [0.717, 1.165) is 0 Å². The molecule has 0 spiro atoms. The lowest BCUT2D eigenvalue weighted by Crippen LogP contribution is -2.17. The van der Waals surface area contributed by atoms with Gasteiger partial charge < -0.3 is 11.1 Å². The van der Waals surface area contributed by atoms with Crippen LogP contribution in [0.1, 0.15) is 28.7 Å². The van der Waals surface area contributed by atoms with Gasteiger partial charge in [-0.25, -0.2) is 4.39 Å². The van der Waals surface area contributed by atoms with Crippen molar-refractivity contribution >= 4 is 17.3 Å². The molecule has 0 radical (unpaired) electrons. The molecule has 0 aliphatic heterocycles. The van der Waals surface area contributed by atoms with Gasteiger partial charge in [-0.3, -0.25) is 9.48 Å². The van der Waals surface area contributed by atoms with Gasteiger partial charge in [-0.05, 0) is 31.0 Å². The molecule has 0 aliphatic carbocycles. The zero-order valence-corrected chi connectivity index (χ0v) is 11.7. The van der Waals surface area contributed by atoms with Crippen LogP contribution < -0.4 is 11.1 Å². The number of anilines is 2. The maximum atomic E-state index is 13.5. The van der Waals surface area contributed by atoms with E-state index < -0.39 is 5.91 Å². The van der Waals surface area contributed by atoms with Crippen molar-refractivity contribution in [3.05, 3.63) is 41.0 Å². The molecule has 20 heavy (non-hydrogen) atoms. The summed E-state index contributed by atoms with van der Waals surface area (Å²) in [5.41, 5.74) is 8.13. The predicted octanol–water partition coefficient (Wildman–Crippen LogP) is 2.26. The van der Waals surface area contributed by atoms with Gasteiger partial charge in [-0.15, -0.1) is 0 Å². The Bertz CT molecular complexity index is 663. The summed E-state index contributed by atoms with van der Waals surface area (Å²) in [6, 6.07) is 4.53. The number of nitrogens with zero attached hydrogens (tertiary/aromatic N) is 2. The third-order valence-corrected chi connectivity index (χ3v) is 3.14. The van der Waals surface area contributed by atoms with Gasteiger partial charge in [0.2, 0.25) is 0 Å². The number of amides is 1. The summed E-state index contributed by atoms with van der Waals surface area (Å²) >= 11 is 0. The Morgan fingerprint density at radius 3 is 2.75 bits per heavy atom. The van der Waals surface area contributed by atoms with Crippen LogP contribution in [-0.4, -0.2) is 15.7 Å². The minimum absolute atomic E-state index is 0.280. The van der Waals surface area contributed by atoms with E-state index in [1.807, 2.05) is 6.92 Å². The Balaban J connectivity index is 2.28. The van der Waals surface area contributed by atoms with E-state index in [9.17, 15) is 9.18 Å². The van der Waals surface area contributed by atoms with E-state index in [4.69, 9.17) is 5.73 Å². The average Bonchev–Trinajstić information content (AvgIpc) is 2.68. The zero-order valence-electron chi connectivity index (χ0n) is 11.7. The number of carbonyl (C=O) groups is 1. The molecular formula is C14H17FN4O. The van der Waals surface area contributed by atoms with E-state index in [-0.39, 0.29) is 11.5 Å². The number of hydrogen-bond donors (Lipinski definition) is 2. The molecule has 0 unspecified atom stereocenters. The molecule has 106 valence electrons. The SMILES string of the molecule is CCc1nn(C)c(C(=O)Nc2ccc(C)c(F)c2)c1N. The average molecular weight is 276 g/mol. The number of aryl methyl sites for hydroxylation is 3. The number of nitrogen functional groups attached to an aromatic ring is 1. The number of aromatic nitrogens is 2. The van der Waals surface area contributed by atoms with Crippen molar-refractivity contribution in [1.29, 1.82) is 0 Å². The second-order valence-corrected chi connectivity index (χ2v) is 4.60. The quantitative estimate of drug-likeness (QED) is 0.903. The van der Waals surface area contributed by atoms with Crippen LogP contribution in [0.15, 0.2) is 18.2 Å². The predicted molar refractivity (Wildman–Crippen MR) is 76.1 cm³/mol. The summed E-state index contributed by atoms with van der Waals surface area (Å²) in [5.74, 6) is -0.768. The summed E-state index contributed by atoms with van der Waals surface area (Å²) in [6.45, 7) is 3.57. The number of rotatable bonds is 3. The van der Waals surface area contributed by atoms with Gasteiger partial charge in [0.15, 0.2) is 0 Å². The van der Waals surface area contributed by atoms with Crippen LogP contribution in [0.3, 0.4) is 0 Å². The smallest absolute Gasteiger partial charge is 0.276 e. The van der Waals surface area contributed by atoms with Gasteiger partial charge in [0, 0.05) is 12.7 Å². The number of nitrogens with two attached hydrogens (primary N) is 1. The molecule has 1 aromatic heterocycles. The number of halogens is 1. The van der Waals surface area contributed by atoms with Crippen molar-refractivity contribution in [3.63, 3.8) is 0 Å². The van der Waals surface area contributed by atoms with Crippen LogP contribution in [0.2, 0.25) is 0 Å². The second-order valence-electron chi connectivity index (χ2n) is 4.60. The maximum Gasteiger partial charge on any atom is 0.276 e. The molecule has 0 atom stereocenters. The third-order valence-electron chi connectivity index (χ3n) is 3.14. The van der Waals surface area contributed by atoms with Crippen LogP contribution in [0, 0.1) is 12.7 Å². The van der Waals surface area contributed by atoms with Gasteiger partial charge in [0.25, 0.3) is 5.91 Å². The Labute approximate surface area is 116 Å². The maximum absolute atomic E-state index is 13.5. The first-order valence-corrected chi connectivity index (χ1v) is 6.32. The molecule has 6 heteroatoms. The topological polar surface area (TPSA) is 72.9 Å². The normalized spacial score (nSPS) is 10.6. The van der Waals surface area contributed by atoms with Crippen LogP contribution in [0.4, 0.5) is 15.8 Å².